The summed E-state index contributed by atoms with van der Waals surface area (Å²) in [7, 11) is 1.77. The minimum Gasteiger partial charge on any atom is -0.480 e. The summed E-state index contributed by atoms with van der Waals surface area (Å²) >= 11 is 0. The molecule has 1 aliphatic carbocycles. The summed E-state index contributed by atoms with van der Waals surface area (Å²) < 4.78 is 5.59. The molecule has 4 aliphatic rings. The van der Waals surface area contributed by atoms with Crippen LogP contribution in [0, 0.1) is 5.92 Å². The van der Waals surface area contributed by atoms with Gasteiger partial charge in [0.25, 0.3) is 0 Å². The highest BCUT2D eigenvalue weighted by Gasteiger charge is 2.39. The quantitative estimate of drug-likeness (QED) is 0.626. The molecule has 176 valence electrons. The van der Waals surface area contributed by atoms with E-state index < -0.39 is 5.97 Å². The number of rotatable bonds is 8. The number of likely N-dealkylation sites (N-methyl/N-ethyl adjacent to an activating group) is 1. The average Bonchev–Trinajstić information content (AvgIpc) is 3.39. The zero-order valence-electron chi connectivity index (χ0n) is 19.1. The van der Waals surface area contributed by atoms with Crippen LogP contribution in [0.25, 0.3) is 0 Å². The van der Waals surface area contributed by atoms with E-state index in [1.165, 1.54) is 58.0 Å². The van der Waals surface area contributed by atoms with Crippen molar-refractivity contribution >= 4 is 12.1 Å². The molecule has 1 N–H and O–H groups in total. The Labute approximate surface area is 186 Å². The molecule has 0 radical (unpaired) electrons. The van der Waals surface area contributed by atoms with Gasteiger partial charge in [-0.2, -0.15) is 0 Å². The summed E-state index contributed by atoms with van der Waals surface area (Å²) in [6, 6.07) is 1.10. The number of hydrogen-bond acceptors (Lipinski definition) is 6. The first-order valence-electron chi connectivity index (χ1n) is 12.4. The third kappa shape index (κ3) is 5.90. The summed E-state index contributed by atoms with van der Waals surface area (Å²) in [5.74, 6) is 0.0495. The molecule has 4 rings (SSSR count). The molecule has 0 bridgehead atoms. The van der Waals surface area contributed by atoms with E-state index in [-0.39, 0.29) is 24.9 Å². The van der Waals surface area contributed by atoms with Gasteiger partial charge >= 0.3 is 12.1 Å². The Balaban J connectivity index is 1.25. The SMILES string of the molecule is CN1CC(N2CCN(CC(=O)O)CC2CCCC2CCN(C3CCCC3)CC2)OC1=O. The molecule has 2 atom stereocenters. The van der Waals surface area contributed by atoms with Gasteiger partial charge in [-0.25, -0.2) is 4.79 Å². The smallest absolute Gasteiger partial charge is 0.411 e. The minimum atomic E-state index is -0.770. The van der Waals surface area contributed by atoms with Crippen LogP contribution in [0.4, 0.5) is 4.79 Å². The molecule has 2 unspecified atom stereocenters. The molecular formula is C23H40N4O4. The van der Waals surface area contributed by atoms with E-state index in [4.69, 9.17) is 4.74 Å². The Morgan fingerprint density at radius 1 is 1.03 bits per heavy atom. The van der Waals surface area contributed by atoms with Gasteiger partial charge in [-0.1, -0.05) is 25.7 Å². The van der Waals surface area contributed by atoms with Crippen molar-refractivity contribution in [2.45, 2.75) is 76.1 Å². The molecule has 31 heavy (non-hydrogen) atoms. The van der Waals surface area contributed by atoms with Gasteiger partial charge in [-0.05, 0) is 51.1 Å². The molecule has 3 saturated heterocycles. The number of piperidine rings is 1. The van der Waals surface area contributed by atoms with Crippen LogP contribution in [0.1, 0.15) is 57.8 Å². The lowest BCUT2D eigenvalue weighted by molar-refractivity contribution is -0.139. The zero-order valence-corrected chi connectivity index (χ0v) is 19.1. The normalized spacial score (nSPS) is 30.2. The molecule has 0 aromatic heterocycles. The Bertz CT molecular complexity index is 619. The van der Waals surface area contributed by atoms with Crippen LogP contribution >= 0.6 is 0 Å². The first kappa shape index (κ1) is 22.8. The summed E-state index contributed by atoms with van der Waals surface area (Å²) in [4.78, 5) is 31.8. The van der Waals surface area contributed by atoms with Crippen LogP contribution in [-0.4, -0.2) is 108 Å². The molecule has 1 amide bonds. The van der Waals surface area contributed by atoms with Crippen LogP contribution in [0.5, 0.6) is 0 Å². The fourth-order valence-corrected chi connectivity index (χ4v) is 6.15. The number of piperazine rings is 1. The number of carbonyl (C=O) groups is 2. The largest absolute Gasteiger partial charge is 0.480 e. The van der Waals surface area contributed by atoms with Crippen LogP contribution in [0.2, 0.25) is 0 Å². The van der Waals surface area contributed by atoms with Crippen molar-refractivity contribution in [2.24, 2.45) is 5.92 Å². The summed E-state index contributed by atoms with van der Waals surface area (Å²) in [5.41, 5.74) is 0. The molecule has 0 spiro atoms. The van der Waals surface area contributed by atoms with E-state index in [1.54, 1.807) is 11.9 Å². The monoisotopic (exact) mass is 436 g/mol. The fourth-order valence-electron chi connectivity index (χ4n) is 6.15. The van der Waals surface area contributed by atoms with E-state index in [0.717, 1.165) is 37.9 Å². The summed E-state index contributed by atoms with van der Waals surface area (Å²) in [5, 5.41) is 9.21. The third-order valence-electron chi connectivity index (χ3n) is 7.96. The number of hydrogen-bond donors (Lipinski definition) is 1. The number of likely N-dealkylation sites (tertiary alicyclic amines) is 1. The van der Waals surface area contributed by atoms with Gasteiger partial charge in [-0.3, -0.25) is 14.6 Å². The summed E-state index contributed by atoms with van der Waals surface area (Å²) in [6.45, 7) is 5.42. The second kappa shape index (κ2) is 10.5. The van der Waals surface area contributed by atoms with E-state index >= 15 is 0 Å². The van der Waals surface area contributed by atoms with Crippen molar-refractivity contribution in [3.05, 3.63) is 0 Å². The summed E-state index contributed by atoms with van der Waals surface area (Å²) in [6.07, 6.45) is 11.2. The van der Waals surface area contributed by atoms with Crippen LogP contribution in [0.15, 0.2) is 0 Å². The van der Waals surface area contributed by atoms with E-state index in [9.17, 15) is 14.7 Å². The second-order valence-electron chi connectivity index (χ2n) is 10.1. The molecule has 8 nitrogen and oxygen atoms in total. The highest BCUT2D eigenvalue weighted by Crippen LogP contribution is 2.30. The number of carboxylic acids is 1. The van der Waals surface area contributed by atoms with Gasteiger partial charge in [0.05, 0.1) is 13.1 Å². The Hall–Kier alpha value is -1.38. The van der Waals surface area contributed by atoms with Gasteiger partial charge in [0.15, 0.2) is 6.23 Å². The van der Waals surface area contributed by atoms with E-state index in [0.29, 0.717) is 13.1 Å². The van der Waals surface area contributed by atoms with Crippen molar-refractivity contribution in [2.75, 3.05) is 52.9 Å². The molecule has 8 heteroatoms. The number of carboxylic acid groups (broad SMARTS) is 1. The van der Waals surface area contributed by atoms with Crippen molar-refractivity contribution in [3.63, 3.8) is 0 Å². The van der Waals surface area contributed by atoms with Crippen LogP contribution in [-0.2, 0) is 9.53 Å². The Morgan fingerprint density at radius 2 is 1.77 bits per heavy atom. The first-order valence-corrected chi connectivity index (χ1v) is 12.4. The lowest BCUT2D eigenvalue weighted by atomic mass is 9.89. The number of ether oxygens (including phenoxy) is 1. The first-order chi connectivity index (χ1) is 15.0. The maximum absolute atomic E-state index is 11.9. The maximum Gasteiger partial charge on any atom is 0.411 e. The Morgan fingerprint density at radius 3 is 2.42 bits per heavy atom. The van der Waals surface area contributed by atoms with Crippen LogP contribution < -0.4 is 0 Å². The number of cyclic esters (lactones) is 1. The molecule has 3 heterocycles. The number of carbonyl (C=O) groups excluding carboxylic acids is 1. The average molecular weight is 437 g/mol. The van der Waals surface area contributed by atoms with E-state index in [1.807, 2.05) is 4.90 Å². The zero-order chi connectivity index (χ0) is 21.8. The highest BCUT2D eigenvalue weighted by molar-refractivity contribution is 5.69. The molecule has 0 aromatic carbocycles. The van der Waals surface area contributed by atoms with Gasteiger partial charge < -0.3 is 19.6 Å². The predicted octanol–water partition coefficient (Wildman–Crippen LogP) is 2.29. The van der Waals surface area contributed by atoms with Crippen molar-refractivity contribution < 1.29 is 19.4 Å². The minimum absolute atomic E-state index is 0.0916. The fraction of sp³-hybridized carbons (Fsp3) is 0.913. The molecular weight excluding hydrogens is 396 g/mol. The second-order valence-corrected chi connectivity index (χ2v) is 10.1. The third-order valence-corrected chi connectivity index (χ3v) is 7.96. The van der Waals surface area contributed by atoms with Crippen molar-refractivity contribution in [1.29, 1.82) is 0 Å². The molecule has 3 aliphatic heterocycles. The highest BCUT2D eigenvalue weighted by atomic mass is 16.6. The maximum atomic E-state index is 11.9. The van der Waals surface area contributed by atoms with Crippen molar-refractivity contribution in [1.82, 2.24) is 19.6 Å². The van der Waals surface area contributed by atoms with Crippen molar-refractivity contribution in [3.8, 4) is 0 Å². The molecule has 1 saturated carbocycles. The number of amides is 1. The standard InChI is InChI=1S/C23H40N4O4/c1-24-16-21(31-23(24)30)27-14-13-25(17-22(28)29)15-20(27)8-4-5-18-9-11-26(12-10-18)19-6-2-3-7-19/h18-21H,2-17H2,1H3,(H,28,29). The van der Waals surface area contributed by atoms with Gasteiger partial charge in [0.1, 0.15) is 0 Å². The predicted molar refractivity (Wildman–Crippen MR) is 118 cm³/mol. The Kier molecular flexibility index (Phi) is 7.72. The number of nitrogens with zero attached hydrogens (tertiary/aromatic N) is 4. The number of aliphatic carboxylic acids is 1. The lowest BCUT2D eigenvalue weighted by Gasteiger charge is -2.43. The van der Waals surface area contributed by atoms with Crippen LogP contribution in [0.3, 0.4) is 0 Å². The lowest BCUT2D eigenvalue weighted by Crippen LogP contribution is -2.58. The van der Waals surface area contributed by atoms with E-state index in [2.05, 4.69) is 9.80 Å². The van der Waals surface area contributed by atoms with Gasteiger partial charge in [-0.15, -0.1) is 0 Å². The van der Waals surface area contributed by atoms with Gasteiger partial charge in [0.2, 0.25) is 0 Å². The van der Waals surface area contributed by atoms with Gasteiger partial charge in [0, 0.05) is 38.8 Å². The molecule has 4 fully saturated rings. The molecule has 0 aromatic rings. The topological polar surface area (TPSA) is 76.6 Å².